The number of benzene rings is 2. The van der Waals surface area contributed by atoms with Crippen molar-refractivity contribution in [2.75, 3.05) is 10.6 Å². The molecule has 0 bridgehead atoms. The predicted molar refractivity (Wildman–Crippen MR) is 112 cm³/mol. The molecule has 0 spiro atoms. The summed E-state index contributed by atoms with van der Waals surface area (Å²) in [6, 6.07) is 9.63. The quantitative estimate of drug-likeness (QED) is 0.0813. The number of nitrogens with zero attached hydrogens (tertiary/aromatic N) is 3. The molecule has 0 aliphatic rings. The zero-order chi connectivity index (χ0) is 25.6. The normalized spacial score (nSPS) is 11.7. The van der Waals surface area contributed by atoms with Gasteiger partial charge in [0.05, 0.1) is 18.0 Å². The SMILES string of the molecule is O=C(Cc1ccc(NCc2nonc2C(=NO)Nc2ccc(F)c(Cl)c2)cc1)OC(=O)C(F)(F)F. The summed E-state index contributed by atoms with van der Waals surface area (Å²) in [5.74, 6) is -4.73. The molecule has 2 aromatic carbocycles. The minimum absolute atomic E-state index is 0.0329. The third kappa shape index (κ3) is 6.89. The molecule has 15 heteroatoms. The monoisotopic (exact) mass is 515 g/mol. The van der Waals surface area contributed by atoms with E-state index < -0.39 is 30.4 Å². The van der Waals surface area contributed by atoms with Crippen LogP contribution in [0.2, 0.25) is 5.02 Å². The number of oxime groups is 1. The van der Waals surface area contributed by atoms with E-state index in [-0.39, 0.29) is 28.8 Å². The molecule has 0 aliphatic carbocycles. The van der Waals surface area contributed by atoms with Gasteiger partial charge in [-0.1, -0.05) is 34.0 Å². The van der Waals surface area contributed by atoms with E-state index in [1.54, 1.807) is 0 Å². The summed E-state index contributed by atoms with van der Waals surface area (Å²) in [6.07, 6.45) is -5.81. The van der Waals surface area contributed by atoms with Gasteiger partial charge in [0, 0.05) is 11.4 Å². The topological polar surface area (TPSA) is 139 Å². The highest BCUT2D eigenvalue weighted by Gasteiger charge is 2.42. The molecule has 0 amide bonds. The van der Waals surface area contributed by atoms with Crippen molar-refractivity contribution in [3.8, 4) is 0 Å². The lowest BCUT2D eigenvalue weighted by molar-refractivity contribution is -0.201. The Morgan fingerprint density at radius 2 is 1.80 bits per heavy atom. The van der Waals surface area contributed by atoms with E-state index in [0.717, 1.165) is 6.07 Å². The number of alkyl halides is 3. The molecule has 0 saturated heterocycles. The van der Waals surface area contributed by atoms with Crippen molar-refractivity contribution in [1.29, 1.82) is 0 Å². The molecule has 0 atom stereocenters. The summed E-state index contributed by atoms with van der Waals surface area (Å²) in [6.45, 7) is 0.0329. The van der Waals surface area contributed by atoms with Crippen LogP contribution in [0, 0.1) is 5.82 Å². The first-order valence-electron chi connectivity index (χ1n) is 9.47. The van der Waals surface area contributed by atoms with Crippen LogP contribution >= 0.6 is 11.6 Å². The van der Waals surface area contributed by atoms with E-state index >= 15 is 0 Å². The largest absolute Gasteiger partial charge is 0.491 e. The standard InChI is InChI=1S/C20H14ClF4N5O5/c21-13-8-12(5-6-14(13)22)27-18(28-33)17-15(29-35-30-17)9-26-11-3-1-10(2-4-11)7-16(31)34-19(32)20(23,24)25/h1-6,8,26,33H,7,9H2,(H,27,28). The second-order valence-electron chi connectivity index (χ2n) is 6.75. The maximum absolute atomic E-state index is 13.3. The Morgan fingerprint density at radius 3 is 2.43 bits per heavy atom. The molecule has 1 aromatic heterocycles. The Labute approximate surface area is 198 Å². The minimum Gasteiger partial charge on any atom is -0.409 e. The third-order valence-electron chi connectivity index (χ3n) is 4.26. The second kappa shape index (κ2) is 10.8. The minimum atomic E-state index is -5.26. The van der Waals surface area contributed by atoms with Gasteiger partial charge in [-0.3, -0.25) is 4.79 Å². The van der Waals surface area contributed by atoms with E-state index in [0.29, 0.717) is 16.9 Å². The van der Waals surface area contributed by atoms with Gasteiger partial charge in [0.2, 0.25) is 5.84 Å². The van der Waals surface area contributed by atoms with Gasteiger partial charge in [0.15, 0.2) is 5.69 Å². The number of ether oxygens (including phenoxy) is 1. The van der Waals surface area contributed by atoms with E-state index in [9.17, 15) is 32.4 Å². The Morgan fingerprint density at radius 1 is 1.11 bits per heavy atom. The highest BCUT2D eigenvalue weighted by Crippen LogP contribution is 2.21. The van der Waals surface area contributed by atoms with Gasteiger partial charge >= 0.3 is 18.1 Å². The van der Waals surface area contributed by atoms with Gasteiger partial charge in [0.25, 0.3) is 0 Å². The van der Waals surface area contributed by atoms with Gasteiger partial charge in [-0.2, -0.15) is 13.2 Å². The van der Waals surface area contributed by atoms with E-state index in [4.69, 9.17) is 16.2 Å². The Bertz CT molecular complexity index is 1250. The van der Waals surface area contributed by atoms with Crippen LogP contribution in [0.15, 0.2) is 52.2 Å². The second-order valence-corrected chi connectivity index (χ2v) is 7.16. The molecule has 184 valence electrons. The number of hydrogen-bond donors (Lipinski definition) is 3. The average molecular weight is 516 g/mol. The van der Waals surface area contributed by atoms with Crippen LogP contribution in [0.25, 0.3) is 0 Å². The van der Waals surface area contributed by atoms with Gasteiger partial charge in [-0.15, -0.1) is 0 Å². The molecule has 0 fully saturated rings. The number of anilines is 2. The lowest BCUT2D eigenvalue weighted by Gasteiger charge is -2.09. The summed E-state index contributed by atoms with van der Waals surface area (Å²) in [5, 5.41) is 25.4. The van der Waals surface area contributed by atoms with Gasteiger partial charge in [-0.25, -0.2) is 13.8 Å². The van der Waals surface area contributed by atoms with Crippen LogP contribution in [0.4, 0.5) is 28.9 Å². The highest BCUT2D eigenvalue weighted by molar-refractivity contribution is 6.31. The fourth-order valence-electron chi connectivity index (χ4n) is 2.63. The number of carbonyl (C=O) groups is 2. The zero-order valence-electron chi connectivity index (χ0n) is 17.3. The summed E-state index contributed by atoms with van der Waals surface area (Å²) in [7, 11) is 0. The van der Waals surface area contributed by atoms with E-state index in [1.807, 2.05) is 0 Å². The molecule has 35 heavy (non-hydrogen) atoms. The average Bonchev–Trinajstić information content (AvgIpc) is 3.27. The van der Waals surface area contributed by atoms with Crippen LogP contribution < -0.4 is 10.6 Å². The van der Waals surface area contributed by atoms with E-state index in [1.165, 1.54) is 36.4 Å². The maximum atomic E-state index is 13.3. The number of carbonyl (C=O) groups excluding carboxylic acids is 2. The van der Waals surface area contributed by atoms with Crippen molar-refractivity contribution in [2.24, 2.45) is 5.16 Å². The van der Waals surface area contributed by atoms with Crippen molar-refractivity contribution in [2.45, 2.75) is 19.1 Å². The Balaban J connectivity index is 1.60. The Hall–Kier alpha value is -4.20. The van der Waals surface area contributed by atoms with Crippen LogP contribution in [0.5, 0.6) is 0 Å². The summed E-state index contributed by atoms with van der Waals surface area (Å²) in [5.41, 5.74) is 1.38. The molecule has 10 nitrogen and oxygen atoms in total. The van der Waals surface area contributed by atoms with Gasteiger partial charge in [0.1, 0.15) is 11.5 Å². The number of rotatable bonds is 7. The highest BCUT2D eigenvalue weighted by atomic mass is 35.5. The summed E-state index contributed by atoms with van der Waals surface area (Å²) >= 11 is 5.73. The zero-order valence-corrected chi connectivity index (χ0v) is 18.0. The first-order valence-corrected chi connectivity index (χ1v) is 9.85. The number of nitrogens with one attached hydrogen (secondary N) is 2. The van der Waals surface area contributed by atoms with Gasteiger partial charge < -0.3 is 20.6 Å². The number of amidine groups is 1. The molecular formula is C20H14ClF4N5O5. The third-order valence-corrected chi connectivity index (χ3v) is 4.55. The number of esters is 2. The maximum Gasteiger partial charge on any atom is 0.491 e. The molecule has 0 aliphatic heterocycles. The summed E-state index contributed by atoms with van der Waals surface area (Å²) < 4.78 is 58.2. The summed E-state index contributed by atoms with van der Waals surface area (Å²) in [4.78, 5) is 22.2. The van der Waals surface area contributed by atoms with E-state index in [2.05, 4.69) is 30.8 Å². The van der Waals surface area contributed by atoms with Crippen LogP contribution in [-0.4, -0.2) is 39.5 Å². The van der Waals surface area contributed by atoms with Crippen molar-refractivity contribution in [3.05, 3.63) is 70.3 Å². The lowest BCUT2D eigenvalue weighted by Crippen LogP contribution is -2.28. The van der Waals surface area contributed by atoms with Crippen molar-refractivity contribution >= 4 is 40.7 Å². The molecule has 3 aromatic rings. The van der Waals surface area contributed by atoms with Crippen LogP contribution in [-0.2, 0) is 27.3 Å². The molecule has 1 heterocycles. The molecule has 0 radical (unpaired) electrons. The van der Waals surface area contributed by atoms with Crippen molar-refractivity contribution < 1.29 is 41.7 Å². The van der Waals surface area contributed by atoms with Crippen LogP contribution in [0.1, 0.15) is 17.0 Å². The van der Waals surface area contributed by atoms with Crippen molar-refractivity contribution in [3.63, 3.8) is 0 Å². The number of aromatic nitrogens is 2. The van der Waals surface area contributed by atoms with Crippen molar-refractivity contribution in [1.82, 2.24) is 10.3 Å². The molecule has 0 unspecified atom stereocenters. The molecule has 0 saturated carbocycles. The number of hydrogen-bond acceptors (Lipinski definition) is 9. The fourth-order valence-corrected chi connectivity index (χ4v) is 2.82. The Kier molecular flexibility index (Phi) is 7.86. The first-order chi connectivity index (χ1) is 16.6. The number of halogens is 5. The fraction of sp³-hybridized carbons (Fsp3) is 0.150. The molecular weight excluding hydrogens is 502 g/mol. The predicted octanol–water partition coefficient (Wildman–Crippen LogP) is 3.90. The lowest BCUT2D eigenvalue weighted by atomic mass is 10.1. The van der Waals surface area contributed by atoms with Crippen LogP contribution in [0.3, 0.4) is 0 Å². The first kappa shape index (κ1) is 25.4. The molecule has 3 rings (SSSR count). The molecule has 3 N–H and O–H groups in total. The smallest absolute Gasteiger partial charge is 0.409 e. The van der Waals surface area contributed by atoms with Gasteiger partial charge in [-0.05, 0) is 41.1 Å².